The second-order valence-corrected chi connectivity index (χ2v) is 6.14. The molecule has 0 saturated carbocycles. The highest BCUT2D eigenvalue weighted by atomic mass is 16.6. The molecular formula is C18H22N2O2. The van der Waals surface area contributed by atoms with E-state index in [1.165, 1.54) is 0 Å². The van der Waals surface area contributed by atoms with Crippen molar-refractivity contribution in [2.75, 3.05) is 11.4 Å². The van der Waals surface area contributed by atoms with Crippen molar-refractivity contribution in [1.82, 2.24) is 4.98 Å². The van der Waals surface area contributed by atoms with E-state index in [0.29, 0.717) is 6.54 Å². The first-order chi connectivity index (χ1) is 10.4. The fourth-order valence-corrected chi connectivity index (χ4v) is 2.11. The van der Waals surface area contributed by atoms with Crippen LogP contribution in [0.5, 0.6) is 0 Å². The van der Waals surface area contributed by atoms with Crippen molar-refractivity contribution in [1.29, 1.82) is 0 Å². The van der Waals surface area contributed by atoms with Crippen LogP contribution in [-0.2, 0) is 16.1 Å². The Balaban J connectivity index is 2.14. The Kier molecular flexibility index (Phi) is 5.15. The van der Waals surface area contributed by atoms with E-state index in [1.807, 2.05) is 68.1 Å². The third-order valence-electron chi connectivity index (χ3n) is 2.97. The Labute approximate surface area is 131 Å². The normalized spacial score (nSPS) is 11.0. The molecule has 116 valence electrons. The number of hydrogen-bond donors (Lipinski definition) is 0. The number of rotatable bonds is 5. The van der Waals surface area contributed by atoms with E-state index in [0.717, 1.165) is 11.3 Å². The second-order valence-electron chi connectivity index (χ2n) is 6.14. The first kappa shape index (κ1) is 16.0. The topological polar surface area (TPSA) is 42.4 Å². The Morgan fingerprint density at radius 1 is 1.14 bits per heavy atom. The van der Waals surface area contributed by atoms with E-state index >= 15 is 0 Å². The van der Waals surface area contributed by atoms with Gasteiger partial charge < -0.3 is 9.64 Å². The maximum absolute atomic E-state index is 12.1. The summed E-state index contributed by atoms with van der Waals surface area (Å²) >= 11 is 0. The molecule has 0 saturated heterocycles. The predicted molar refractivity (Wildman–Crippen MR) is 87.6 cm³/mol. The molecule has 2 rings (SSSR count). The van der Waals surface area contributed by atoms with Gasteiger partial charge in [0, 0.05) is 12.7 Å². The molecule has 1 aromatic heterocycles. The minimum Gasteiger partial charge on any atom is -0.459 e. The summed E-state index contributed by atoms with van der Waals surface area (Å²) in [4.78, 5) is 18.3. The van der Waals surface area contributed by atoms with Crippen LogP contribution in [0.25, 0.3) is 0 Å². The molecule has 0 N–H and O–H groups in total. The van der Waals surface area contributed by atoms with Crippen LogP contribution in [0.2, 0.25) is 0 Å². The maximum atomic E-state index is 12.1. The Morgan fingerprint density at radius 2 is 1.86 bits per heavy atom. The number of ether oxygens (including phenoxy) is 1. The third kappa shape index (κ3) is 5.20. The number of pyridine rings is 1. The lowest BCUT2D eigenvalue weighted by molar-refractivity contribution is -0.153. The van der Waals surface area contributed by atoms with E-state index in [-0.39, 0.29) is 12.5 Å². The lowest BCUT2D eigenvalue weighted by atomic mass is 10.2. The average molecular weight is 298 g/mol. The number of hydrogen-bond acceptors (Lipinski definition) is 4. The van der Waals surface area contributed by atoms with Crippen molar-refractivity contribution in [3.63, 3.8) is 0 Å². The number of carbonyl (C=O) groups is 1. The molecule has 0 amide bonds. The summed E-state index contributed by atoms with van der Waals surface area (Å²) in [6, 6.07) is 13.8. The molecule has 2 aromatic rings. The standard InChI is InChI=1S/C18H22N2O2/c1-18(2,3)22-17(21)14-20(16-10-7-11-19-12-16)13-15-8-5-4-6-9-15/h4-12H,13-14H2,1-3H3. The van der Waals surface area contributed by atoms with Gasteiger partial charge in [-0.3, -0.25) is 9.78 Å². The van der Waals surface area contributed by atoms with Crippen molar-refractivity contribution in [3.8, 4) is 0 Å². The van der Waals surface area contributed by atoms with Crippen molar-refractivity contribution in [2.45, 2.75) is 32.9 Å². The molecule has 0 fully saturated rings. The van der Waals surface area contributed by atoms with Crippen molar-refractivity contribution in [2.24, 2.45) is 0 Å². The van der Waals surface area contributed by atoms with E-state index in [2.05, 4.69) is 4.98 Å². The number of benzene rings is 1. The van der Waals surface area contributed by atoms with Crippen LogP contribution in [0, 0.1) is 0 Å². The first-order valence-corrected chi connectivity index (χ1v) is 7.35. The lowest BCUT2D eigenvalue weighted by Crippen LogP contribution is -2.34. The fourth-order valence-electron chi connectivity index (χ4n) is 2.11. The molecule has 0 aliphatic carbocycles. The number of esters is 1. The second kappa shape index (κ2) is 7.07. The SMILES string of the molecule is CC(C)(C)OC(=O)CN(Cc1ccccc1)c1cccnc1. The summed E-state index contributed by atoms with van der Waals surface area (Å²) < 4.78 is 5.43. The molecule has 0 aliphatic heterocycles. The molecule has 0 atom stereocenters. The molecule has 4 heteroatoms. The minimum atomic E-state index is -0.482. The Hall–Kier alpha value is -2.36. The molecule has 0 radical (unpaired) electrons. The zero-order valence-electron chi connectivity index (χ0n) is 13.3. The molecular weight excluding hydrogens is 276 g/mol. The van der Waals surface area contributed by atoms with Crippen molar-refractivity contribution < 1.29 is 9.53 Å². The largest absolute Gasteiger partial charge is 0.459 e. The fraction of sp³-hybridized carbons (Fsp3) is 0.333. The molecule has 22 heavy (non-hydrogen) atoms. The van der Waals surface area contributed by atoms with Crippen molar-refractivity contribution >= 4 is 11.7 Å². The van der Waals surface area contributed by atoms with Crippen LogP contribution >= 0.6 is 0 Å². The molecule has 0 aliphatic rings. The van der Waals surface area contributed by atoms with Gasteiger partial charge in [-0.15, -0.1) is 0 Å². The molecule has 0 spiro atoms. The molecule has 1 aromatic carbocycles. The van der Waals surface area contributed by atoms with Gasteiger partial charge in [-0.25, -0.2) is 0 Å². The lowest BCUT2D eigenvalue weighted by Gasteiger charge is -2.26. The quantitative estimate of drug-likeness (QED) is 0.793. The average Bonchev–Trinajstić information content (AvgIpc) is 2.47. The van der Waals surface area contributed by atoms with Crippen LogP contribution in [0.1, 0.15) is 26.3 Å². The summed E-state index contributed by atoms with van der Waals surface area (Å²) in [7, 11) is 0. The van der Waals surface area contributed by atoms with E-state index < -0.39 is 5.60 Å². The Bertz CT molecular complexity index is 591. The van der Waals surface area contributed by atoms with Crippen molar-refractivity contribution in [3.05, 3.63) is 60.4 Å². The van der Waals surface area contributed by atoms with Crippen LogP contribution < -0.4 is 4.90 Å². The highest BCUT2D eigenvalue weighted by Crippen LogP contribution is 2.17. The van der Waals surface area contributed by atoms with Gasteiger partial charge >= 0.3 is 5.97 Å². The highest BCUT2D eigenvalue weighted by molar-refractivity contribution is 5.76. The third-order valence-corrected chi connectivity index (χ3v) is 2.97. The highest BCUT2D eigenvalue weighted by Gasteiger charge is 2.19. The summed E-state index contributed by atoms with van der Waals surface area (Å²) in [5, 5.41) is 0. The van der Waals surface area contributed by atoms with E-state index in [1.54, 1.807) is 12.4 Å². The number of carbonyl (C=O) groups excluding carboxylic acids is 1. The van der Waals surface area contributed by atoms with Gasteiger partial charge in [0.2, 0.25) is 0 Å². The Morgan fingerprint density at radius 3 is 2.45 bits per heavy atom. The van der Waals surface area contributed by atoms with Crippen LogP contribution in [0.15, 0.2) is 54.9 Å². The van der Waals surface area contributed by atoms with Gasteiger partial charge in [0.15, 0.2) is 0 Å². The van der Waals surface area contributed by atoms with Gasteiger partial charge in [-0.2, -0.15) is 0 Å². The van der Waals surface area contributed by atoms with Crippen LogP contribution in [0.3, 0.4) is 0 Å². The van der Waals surface area contributed by atoms with E-state index in [9.17, 15) is 4.79 Å². The molecule has 0 bridgehead atoms. The number of anilines is 1. The van der Waals surface area contributed by atoms with E-state index in [4.69, 9.17) is 4.74 Å². The van der Waals surface area contributed by atoms with Gasteiger partial charge in [0.25, 0.3) is 0 Å². The summed E-state index contributed by atoms with van der Waals surface area (Å²) in [5.41, 5.74) is 1.55. The zero-order chi connectivity index (χ0) is 16.0. The molecule has 0 unspecified atom stereocenters. The maximum Gasteiger partial charge on any atom is 0.326 e. The summed E-state index contributed by atoms with van der Waals surface area (Å²) in [5.74, 6) is -0.243. The molecule has 4 nitrogen and oxygen atoms in total. The zero-order valence-corrected chi connectivity index (χ0v) is 13.3. The van der Waals surface area contributed by atoms with Gasteiger partial charge in [0.1, 0.15) is 12.1 Å². The number of aromatic nitrogens is 1. The first-order valence-electron chi connectivity index (χ1n) is 7.35. The summed E-state index contributed by atoms with van der Waals surface area (Å²) in [6.45, 7) is 6.44. The van der Waals surface area contributed by atoms with Crippen LogP contribution in [-0.4, -0.2) is 23.1 Å². The van der Waals surface area contributed by atoms with Gasteiger partial charge in [0.05, 0.1) is 11.9 Å². The number of nitrogens with zero attached hydrogens (tertiary/aromatic N) is 2. The molecule has 1 heterocycles. The van der Waals surface area contributed by atoms with Crippen LogP contribution in [0.4, 0.5) is 5.69 Å². The van der Waals surface area contributed by atoms with Gasteiger partial charge in [-0.05, 0) is 38.5 Å². The monoisotopic (exact) mass is 298 g/mol. The predicted octanol–water partition coefficient (Wildman–Crippen LogP) is 3.43. The minimum absolute atomic E-state index is 0.192. The summed E-state index contributed by atoms with van der Waals surface area (Å²) in [6.07, 6.45) is 3.48. The smallest absolute Gasteiger partial charge is 0.326 e. The van der Waals surface area contributed by atoms with Gasteiger partial charge in [-0.1, -0.05) is 30.3 Å².